The molecule has 0 spiro atoms. The molecule has 1 fully saturated rings. The van der Waals surface area contributed by atoms with Gasteiger partial charge in [-0.2, -0.15) is 0 Å². The van der Waals surface area contributed by atoms with E-state index in [1.807, 2.05) is 0 Å². The predicted octanol–water partition coefficient (Wildman–Crippen LogP) is 2.52. The monoisotopic (exact) mass is 284 g/mol. The molecule has 0 saturated heterocycles. The van der Waals surface area contributed by atoms with E-state index < -0.39 is 5.97 Å². The number of carboxylic acids is 1. The van der Waals surface area contributed by atoms with E-state index >= 15 is 0 Å². The van der Waals surface area contributed by atoms with Gasteiger partial charge in [0, 0.05) is 19.6 Å². The Morgan fingerprint density at radius 1 is 1.05 bits per heavy atom. The van der Waals surface area contributed by atoms with Crippen molar-refractivity contribution in [2.24, 2.45) is 17.8 Å². The number of nitrogens with zero attached hydrogens (tertiary/aromatic N) is 2. The van der Waals surface area contributed by atoms with Gasteiger partial charge in [0.1, 0.15) is 6.54 Å². The van der Waals surface area contributed by atoms with Crippen LogP contribution in [0, 0.1) is 17.8 Å². The van der Waals surface area contributed by atoms with E-state index in [0.717, 1.165) is 12.8 Å². The SMILES string of the molecule is CC(C)CN(CC(C)C)C(=O)N(CC(=O)O)CC1CC1. The number of hydrogen-bond donors (Lipinski definition) is 1. The van der Waals surface area contributed by atoms with E-state index in [2.05, 4.69) is 27.7 Å². The molecule has 2 amide bonds. The number of urea groups is 1. The zero-order chi connectivity index (χ0) is 15.3. The van der Waals surface area contributed by atoms with E-state index in [9.17, 15) is 9.59 Å². The standard InChI is InChI=1S/C15H28N2O3/c1-11(2)7-16(8-12(3)4)15(20)17(10-14(18)19)9-13-5-6-13/h11-13H,5-10H2,1-4H3,(H,18,19). The molecule has 0 aromatic carbocycles. The van der Waals surface area contributed by atoms with Gasteiger partial charge in [0.25, 0.3) is 0 Å². The van der Waals surface area contributed by atoms with Gasteiger partial charge in [-0.05, 0) is 30.6 Å². The summed E-state index contributed by atoms with van der Waals surface area (Å²) in [7, 11) is 0. The summed E-state index contributed by atoms with van der Waals surface area (Å²) in [6.45, 7) is 10.0. The average molecular weight is 284 g/mol. The molecular weight excluding hydrogens is 256 g/mol. The summed E-state index contributed by atoms with van der Waals surface area (Å²) in [5, 5.41) is 9.00. The third kappa shape index (κ3) is 6.26. The van der Waals surface area contributed by atoms with Gasteiger partial charge in [-0.25, -0.2) is 4.79 Å². The van der Waals surface area contributed by atoms with Gasteiger partial charge in [-0.15, -0.1) is 0 Å². The van der Waals surface area contributed by atoms with Crippen molar-refractivity contribution in [2.45, 2.75) is 40.5 Å². The topological polar surface area (TPSA) is 60.9 Å². The van der Waals surface area contributed by atoms with Crippen molar-refractivity contribution in [3.8, 4) is 0 Å². The average Bonchev–Trinajstić information content (AvgIpc) is 3.08. The summed E-state index contributed by atoms with van der Waals surface area (Å²) >= 11 is 0. The maximum absolute atomic E-state index is 12.6. The zero-order valence-electron chi connectivity index (χ0n) is 13.1. The van der Waals surface area contributed by atoms with Crippen LogP contribution in [-0.2, 0) is 4.79 Å². The van der Waals surface area contributed by atoms with Crippen LogP contribution in [0.2, 0.25) is 0 Å². The van der Waals surface area contributed by atoms with Gasteiger partial charge < -0.3 is 14.9 Å². The Bertz CT molecular complexity index is 328. The molecule has 20 heavy (non-hydrogen) atoms. The number of carbonyl (C=O) groups is 2. The lowest BCUT2D eigenvalue weighted by molar-refractivity contribution is -0.137. The minimum Gasteiger partial charge on any atom is -0.480 e. The first-order chi connectivity index (χ1) is 9.29. The molecule has 1 aliphatic carbocycles. The highest BCUT2D eigenvalue weighted by Crippen LogP contribution is 2.30. The van der Waals surface area contributed by atoms with Crippen molar-refractivity contribution in [2.75, 3.05) is 26.2 Å². The van der Waals surface area contributed by atoms with E-state index in [-0.39, 0.29) is 12.6 Å². The van der Waals surface area contributed by atoms with Gasteiger partial charge in [0.2, 0.25) is 0 Å². The fourth-order valence-corrected chi connectivity index (χ4v) is 2.30. The molecule has 0 bridgehead atoms. The Labute approximate surface area is 121 Å². The first-order valence-electron chi connectivity index (χ1n) is 7.55. The summed E-state index contributed by atoms with van der Waals surface area (Å²) in [4.78, 5) is 26.9. The third-order valence-corrected chi connectivity index (χ3v) is 3.21. The van der Waals surface area contributed by atoms with Crippen LogP contribution in [0.25, 0.3) is 0 Å². The molecular formula is C15H28N2O3. The molecule has 0 aromatic rings. The second-order valence-electron chi connectivity index (χ2n) is 6.69. The molecule has 0 heterocycles. The Kier molecular flexibility index (Phi) is 6.30. The Morgan fingerprint density at radius 2 is 1.55 bits per heavy atom. The minimum atomic E-state index is -0.937. The van der Waals surface area contributed by atoms with Gasteiger partial charge in [0.15, 0.2) is 0 Å². The van der Waals surface area contributed by atoms with E-state index in [0.29, 0.717) is 37.4 Å². The quantitative estimate of drug-likeness (QED) is 0.745. The van der Waals surface area contributed by atoms with E-state index in [1.165, 1.54) is 4.90 Å². The Morgan fingerprint density at radius 3 is 1.90 bits per heavy atom. The Balaban J connectivity index is 2.71. The number of amides is 2. The fourth-order valence-electron chi connectivity index (χ4n) is 2.30. The van der Waals surface area contributed by atoms with Crippen LogP contribution >= 0.6 is 0 Å². The largest absolute Gasteiger partial charge is 0.480 e. The predicted molar refractivity (Wildman–Crippen MR) is 78.6 cm³/mol. The lowest BCUT2D eigenvalue weighted by atomic mass is 10.1. The van der Waals surface area contributed by atoms with Crippen LogP contribution in [0.3, 0.4) is 0 Å². The summed E-state index contributed by atoms with van der Waals surface area (Å²) in [5.74, 6) is 0.321. The Hall–Kier alpha value is -1.26. The molecule has 1 saturated carbocycles. The summed E-state index contributed by atoms with van der Waals surface area (Å²) in [5.41, 5.74) is 0. The molecule has 1 aliphatic rings. The van der Waals surface area contributed by atoms with Gasteiger partial charge in [0.05, 0.1) is 0 Å². The molecule has 1 N–H and O–H groups in total. The molecule has 0 unspecified atom stereocenters. The molecule has 0 radical (unpaired) electrons. The van der Waals surface area contributed by atoms with Crippen molar-refractivity contribution in [3.63, 3.8) is 0 Å². The lowest BCUT2D eigenvalue weighted by Gasteiger charge is -2.32. The molecule has 0 atom stereocenters. The zero-order valence-corrected chi connectivity index (χ0v) is 13.1. The summed E-state index contributed by atoms with van der Waals surface area (Å²) in [6.07, 6.45) is 2.22. The highest BCUT2D eigenvalue weighted by molar-refractivity contribution is 5.80. The van der Waals surface area contributed by atoms with Gasteiger partial charge in [-0.3, -0.25) is 4.79 Å². The smallest absolute Gasteiger partial charge is 0.323 e. The summed E-state index contributed by atoms with van der Waals surface area (Å²) in [6, 6.07) is -0.123. The number of aliphatic carboxylic acids is 1. The van der Waals surface area contributed by atoms with E-state index in [4.69, 9.17) is 5.11 Å². The maximum atomic E-state index is 12.6. The molecule has 0 aromatic heterocycles. The molecule has 1 rings (SSSR count). The number of carbonyl (C=O) groups excluding carboxylic acids is 1. The van der Waals surface area contributed by atoms with Crippen LogP contribution in [0.1, 0.15) is 40.5 Å². The highest BCUT2D eigenvalue weighted by atomic mass is 16.4. The second kappa shape index (κ2) is 7.50. The minimum absolute atomic E-state index is 0.123. The van der Waals surface area contributed by atoms with Crippen molar-refractivity contribution in [3.05, 3.63) is 0 Å². The highest BCUT2D eigenvalue weighted by Gasteiger charge is 2.30. The van der Waals surface area contributed by atoms with Crippen molar-refractivity contribution >= 4 is 12.0 Å². The van der Waals surface area contributed by atoms with E-state index in [1.54, 1.807) is 4.90 Å². The molecule has 5 heteroatoms. The van der Waals surface area contributed by atoms with Gasteiger partial charge in [-0.1, -0.05) is 27.7 Å². The van der Waals surface area contributed by atoms with Crippen molar-refractivity contribution < 1.29 is 14.7 Å². The second-order valence-corrected chi connectivity index (χ2v) is 6.69. The molecule has 5 nitrogen and oxygen atoms in total. The first-order valence-corrected chi connectivity index (χ1v) is 7.55. The van der Waals surface area contributed by atoms with Crippen LogP contribution in [0.5, 0.6) is 0 Å². The van der Waals surface area contributed by atoms with Crippen molar-refractivity contribution in [1.29, 1.82) is 0 Å². The van der Waals surface area contributed by atoms with Crippen LogP contribution < -0.4 is 0 Å². The lowest BCUT2D eigenvalue weighted by Crippen LogP contribution is -2.48. The fraction of sp³-hybridized carbons (Fsp3) is 0.867. The van der Waals surface area contributed by atoms with Crippen molar-refractivity contribution in [1.82, 2.24) is 9.80 Å². The van der Waals surface area contributed by atoms with Crippen LogP contribution in [0.4, 0.5) is 4.79 Å². The number of rotatable bonds is 8. The molecule has 0 aliphatic heterocycles. The number of hydrogen-bond acceptors (Lipinski definition) is 2. The van der Waals surface area contributed by atoms with Gasteiger partial charge >= 0.3 is 12.0 Å². The normalized spacial score (nSPS) is 14.7. The first kappa shape index (κ1) is 16.8. The maximum Gasteiger partial charge on any atom is 0.323 e. The van der Waals surface area contributed by atoms with Crippen LogP contribution in [0.15, 0.2) is 0 Å². The van der Waals surface area contributed by atoms with Crippen LogP contribution in [-0.4, -0.2) is 53.1 Å². The molecule has 116 valence electrons. The number of carboxylic acid groups (broad SMARTS) is 1. The summed E-state index contributed by atoms with van der Waals surface area (Å²) < 4.78 is 0. The third-order valence-electron chi connectivity index (χ3n) is 3.21.